The van der Waals surface area contributed by atoms with Crippen LogP contribution < -0.4 is 11.2 Å². The summed E-state index contributed by atoms with van der Waals surface area (Å²) in [7, 11) is 0. The fourth-order valence-corrected chi connectivity index (χ4v) is 3.90. The summed E-state index contributed by atoms with van der Waals surface area (Å²) in [6.45, 7) is 9.11. The third-order valence-electron chi connectivity index (χ3n) is 5.04. The van der Waals surface area contributed by atoms with Crippen LogP contribution in [0.4, 0.5) is 0 Å². The summed E-state index contributed by atoms with van der Waals surface area (Å²) in [6.07, 6.45) is 3.65. The number of nitrogens with one attached hydrogen (secondary N) is 1. The van der Waals surface area contributed by atoms with Gasteiger partial charge in [-0.2, -0.15) is 0 Å². The first-order chi connectivity index (χ1) is 13.9. The second-order valence-corrected chi connectivity index (χ2v) is 8.16. The van der Waals surface area contributed by atoms with Crippen molar-refractivity contribution in [3.8, 4) is 0 Å². The number of aromatic nitrogens is 4. The number of hydrogen-bond acceptors (Lipinski definition) is 7. The Labute approximate surface area is 172 Å². The van der Waals surface area contributed by atoms with Gasteiger partial charge in [0.1, 0.15) is 0 Å². The van der Waals surface area contributed by atoms with E-state index in [4.69, 9.17) is 4.42 Å². The minimum Gasteiger partial charge on any atom is -0.416 e. The van der Waals surface area contributed by atoms with Crippen molar-refractivity contribution in [1.29, 1.82) is 0 Å². The average molecular weight is 420 g/mol. The summed E-state index contributed by atoms with van der Waals surface area (Å²) in [5.74, 6) is 1.21. The topological polar surface area (TPSA) is 114 Å². The second kappa shape index (κ2) is 9.25. The highest BCUT2D eigenvalue weighted by atomic mass is 32.2. The lowest BCUT2D eigenvalue weighted by molar-refractivity contribution is -0.129. The highest BCUT2D eigenvalue weighted by molar-refractivity contribution is 7.99. The zero-order valence-corrected chi connectivity index (χ0v) is 17.5. The molecule has 1 fully saturated rings. The zero-order valence-electron chi connectivity index (χ0n) is 16.6. The number of amides is 1. The van der Waals surface area contributed by atoms with Gasteiger partial charge < -0.3 is 14.3 Å². The molecule has 9 nitrogen and oxygen atoms in total. The Bertz CT molecular complexity index is 1000. The molecule has 1 amide bonds. The van der Waals surface area contributed by atoms with Gasteiger partial charge in [-0.15, -0.1) is 16.8 Å². The Balaban J connectivity index is 1.64. The van der Waals surface area contributed by atoms with E-state index >= 15 is 0 Å². The molecule has 0 saturated carbocycles. The number of allylic oxidation sites excluding steroid dienone is 1. The molecule has 0 unspecified atom stereocenters. The van der Waals surface area contributed by atoms with E-state index in [1.165, 1.54) is 17.8 Å². The smallest absolute Gasteiger partial charge is 0.328 e. The number of likely N-dealkylation sites (tertiary alicyclic amines) is 1. The van der Waals surface area contributed by atoms with E-state index in [1.807, 2.05) is 4.90 Å². The van der Waals surface area contributed by atoms with Crippen LogP contribution in [0, 0.1) is 12.8 Å². The molecule has 2 aromatic heterocycles. The van der Waals surface area contributed by atoms with Gasteiger partial charge in [0.05, 0.1) is 12.2 Å². The molecule has 0 aromatic carbocycles. The lowest BCUT2D eigenvalue weighted by atomic mass is 9.99. The zero-order chi connectivity index (χ0) is 21.0. The first kappa shape index (κ1) is 21.1. The quantitative estimate of drug-likeness (QED) is 0.532. The lowest BCUT2D eigenvalue weighted by Gasteiger charge is -2.30. The minimum absolute atomic E-state index is 0.0606. The number of hydrogen-bond donors (Lipinski definition) is 1. The fourth-order valence-electron chi connectivity index (χ4n) is 3.21. The standard InChI is InChI=1S/C19H25N5O4S/c1-4-7-24-17(26)14(13(3)20-18(24)27)10-15-21-22-19(28-15)29-11-16(25)23-8-5-12(2)6-9-23/h4,12H,1,5-11H2,2-3H3,(H,20,27). The van der Waals surface area contributed by atoms with Crippen LogP contribution in [0.1, 0.15) is 36.9 Å². The van der Waals surface area contributed by atoms with Crippen LogP contribution >= 0.6 is 11.8 Å². The molecule has 1 aliphatic rings. The number of aryl methyl sites for hydroxylation is 1. The van der Waals surface area contributed by atoms with Crippen molar-refractivity contribution in [2.45, 2.75) is 44.9 Å². The third-order valence-corrected chi connectivity index (χ3v) is 5.84. The predicted molar refractivity (Wildman–Crippen MR) is 109 cm³/mol. The Morgan fingerprint density at radius 3 is 2.76 bits per heavy atom. The van der Waals surface area contributed by atoms with Crippen molar-refractivity contribution in [2.24, 2.45) is 5.92 Å². The Morgan fingerprint density at radius 2 is 2.07 bits per heavy atom. The highest BCUT2D eigenvalue weighted by Gasteiger charge is 2.21. The molecule has 0 spiro atoms. The molecule has 1 aliphatic heterocycles. The van der Waals surface area contributed by atoms with Crippen molar-refractivity contribution in [3.63, 3.8) is 0 Å². The summed E-state index contributed by atoms with van der Waals surface area (Å²) in [5.41, 5.74) is -0.0519. The van der Waals surface area contributed by atoms with Crippen LogP contribution in [0.25, 0.3) is 0 Å². The number of carbonyl (C=O) groups excluding carboxylic acids is 1. The molecule has 156 valence electrons. The van der Waals surface area contributed by atoms with Gasteiger partial charge >= 0.3 is 5.69 Å². The third kappa shape index (κ3) is 5.06. The molecular formula is C19H25N5O4S. The van der Waals surface area contributed by atoms with E-state index in [9.17, 15) is 14.4 Å². The predicted octanol–water partition coefficient (Wildman–Crippen LogP) is 1.36. The van der Waals surface area contributed by atoms with Gasteiger partial charge in [-0.3, -0.25) is 14.2 Å². The number of piperidine rings is 1. The van der Waals surface area contributed by atoms with Crippen molar-refractivity contribution >= 4 is 17.7 Å². The molecule has 2 aromatic rings. The summed E-state index contributed by atoms with van der Waals surface area (Å²) in [6, 6.07) is 0. The molecule has 0 atom stereocenters. The summed E-state index contributed by atoms with van der Waals surface area (Å²) in [5, 5.41) is 8.21. The molecule has 29 heavy (non-hydrogen) atoms. The van der Waals surface area contributed by atoms with Crippen LogP contribution in [0.15, 0.2) is 31.9 Å². The Morgan fingerprint density at radius 1 is 1.34 bits per heavy atom. The van der Waals surface area contributed by atoms with Gasteiger partial charge in [-0.05, 0) is 25.7 Å². The maximum Gasteiger partial charge on any atom is 0.328 e. The van der Waals surface area contributed by atoms with E-state index in [2.05, 4.69) is 28.7 Å². The van der Waals surface area contributed by atoms with Crippen LogP contribution in [-0.4, -0.2) is 49.4 Å². The Hall–Kier alpha value is -2.62. The lowest BCUT2D eigenvalue weighted by Crippen LogP contribution is -2.38. The maximum atomic E-state index is 12.6. The van der Waals surface area contributed by atoms with Gasteiger partial charge in [-0.25, -0.2) is 4.79 Å². The molecule has 3 rings (SSSR count). The Kier molecular flexibility index (Phi) is 6.73. The molecule has 1 saturated heterocycles. The number of nitrogens with zero attached hydrogens (tertiary/aromatic N) is 4. The van der Waals surface area contributed by atoms with E-state index in [0.717, 1.165) is 30.5 Å². The monoisotopic (exact) mass is 419 g/mol. The SMILES string of the molecule is C=CCn1c(=O)[nH]c(C)c(Cc2nnc(SCC(=O)N3CCC(C)CC3)o2)c1=O. The van der Waals surface area contributed by atoms with Crippen molar-refractivity contribution in [1.82, 2.24) is 24.6 Å². The van der Waals surface area contributed by atoms with Crippen molar-refractivity contribution in [3.05, 3.63) is 50.6 Å². The molecule has 0 radical (unpaired) electrons. The van der Waals surface area contributed by atoms with Crippen LogP contribution in [0.3, 0.4) is 0 Å². The summed E-state index contributed by atoms with van der Waals surface area (Å²) >= 11 is 1.19. The van der Waals surface area contributed by atoms with E-state index in [1.54, 1.807) is 6.92 Å². The van der Waals surface area contributed by atoms with Gasteiger partial charge in [0, 0.05) is 30.9 Å². The van der Waals surface area contributed by atoms with Crippen LogP contribution in [0.5, 0.6) is 0 Å². The molecule has 0 aliphatic carbocycles. The second-order valence-electron chi connectivity index (χ2n) is 7.23. The van der Waals surface area contributed by atoms with Crippen LogP contribution in [-0.2, 0) is 17.8 Å². The largest absolute Gasteiger partial charge is 0.416 e. The number of carbonyl (C=O) groups is 1. The average Bonchev–Trinajstić information content (AvgIpc) is 3.14. The number of rotatable bonds is 7. The molecule has 0 bridgehead atoms. The van der Waals surface area contributed by atoms with Crippen LogP contribution in [0.2, 0.25) is 0 Å². The maximum absolute atomic E-state index is 12.6. The van der Waals surface area contributed by atoms with Crippen molar-refractivity contribution in [2.75, 3.05) is 18.8 Å². The van der Waals surface area contributed by atoms with E-state index in [0.29, 0.717) is 17.2 Å². The molecule has 1 N–H and O–H groups in total. The first-order valence-corrected chi connectivity index (χ1v) is 10.5. The normalized spacial score (nSPS) is 14.9. The molecule has 10 heteroatoms. The molecule has 3 heterocycles. The summed E-state index contributed by atoms with van der Waals surface area (Å²) < 4.78 is 6.66. The number of H-pyrrole nitrogens is 1. The van der Waals surface area contributed by atoms with Gasteiger partial charge in [0.15, 0.2) is 0 Å². The van der Waals surface area contributed by atoms with Crippen molar-refractivity contribution < 1.29 is 9.21 Å². The minimum atomic E-state index is -0.483. The van der Waals surface area contributed by atoms with Gasteiger partial charge in [-0.1, -0.05) is 24.8 Å². The number of aromatic amines is 1. The van der Waals surface area contributed by atoms with Gasteiger partial charge in [0.2, 0.25) is 11.8 Å². The van der Waals surface area contributed by atoms with E-state index < -0.39 is 11.2 Å². The first-order valence-electron chi connectivity index (χ1n) is 9.55. The molecular weight excluding hydrogens is 394 g/mol. The van der Waals surface area contributed by atoms with Gasteiger partial charge in [0.25, 0.3) is 10.8 Å². The highest BCUT2D eigenvalue weighted by Crippen LogP contribution is 2.21. The van der Waals surface area contributed by atoms with E-state index in [-0.39, 0.29) is 35.7 Å². The fraction of sp³-hybridized carbons (Fsp3) is 0.526. The number of thioether (sulfide) groups is 1. The summed E-state index contributed by atoms with van der Waals surface area (Å²) in [4.78, 5) is 41.4.